The van der Waals surface area contributed by atoms with E-state index < -0.39 is 40.2 Å². The van der Waals surface area contributed by atoms with Crippen LogP contribution in [-0.4, -0.2) is 44.3 Å². The highest BCUT2D eigenvalue weighted by Crippen LogP contribution is 2.35. The van der Waals surface area contributed by atoms with Crippen molar-refractivity contribution >= 4 is 50.7 Å². The zero-order valence-electron chi connectivity index (χ0n) is 23.3. The molecule has 43 heavy (non-hydrogen) atoms. The zero-order chi connectivity index (χ0) is 31.0. The molecule has 7 nitrogen and oxygen atoms in total. The molecule has 0 saturated carbocycles. The van der Waals surface area contributed by atoms with Crippen LogP contribution in [0.25, 0.3) is 0 Å². The molecule has 4 aromatic rings. The van der Waals surface area contributed by atoms with E-state index in [-0.39, 0.29) is 33.6 Å². The summed E-state index contributed by atoms with van der Waals surface area (Å²) in [5.41, 5.74) is 1.35. The topological polar surface area (TPSA) is 86.8 Å². The largest absolute Gasteiger partial charge is 0.355 e. The highest BCUT2D eigenvalue weighted by molar-refractivity contribution is 7.92. The quantitative estimate of drug-likeness (QED) is 0.202. The van der Waals surface area contributed by atoms with Gasteiger partial charge in [0.25, 0.3) is 10.0 Å². The van der Waals surface area contributed by atoms with Crippen LogP contribution < -0.4 is 9.62 Å². The van der Waals surface area contributed by atoms with Gasteiger partial charge in [-0.2, -0.15) is 0 Å². The maximum absolute atomic E-state index is 14.3. The molecule has 224 valence electrons. The van der Waals surface area contributed by atoms with Crippen molar-refractivity contribution in [3.63, 3.8) is 0 Å². The van der Waals surface area contributed by atoms with Gasteiger partial charge < -0.3 is 10.2 Å². The Balaban J connectivity index is 1.81. The zero-order valence-corrected chi connectivity index (χ0v) is 25.6. The van der Waals surface area contributed by atoms with Gasteiger partial charge in [-0.1, -0.05) is 89.9 Å². The number of anilines is 1. The molecule has 0 spiro atoms. The van der Waals surface area contributed by atoms with Crippen molar-refractivity contribution in [2.24, 2.45) is 0 Å². The normalized spacial score (nSPS) is 11.9. The number of carbonyl (C=O) groups excluding carboxylic acids is 2. The Bertz CT molecular complexity index is 1660. The average Bonchev–Trinajstić information content (AvgIpc) is 3.01. The lowest BCUT2D eigenvalue weighted by Gasteiger charge is -2.34. The van der Waals surface area contributed by atoms with Gasteiger partial charge in [0.1, 0.15) is 18.4 Å². The molecule has 0 unspecified atom stereocenters. The van der Waals surface area contributed by atoms with Crippen LogP contribution in [0.15, 0.2) is 108 Å². The number of sulfonamides is 1. The van der Waals surface area contributed by atoms with Gasteiger partial charge in [-0.25, -0.2) is 12.8 Å². The Hall–Kier alpha value is -3.92. The Labute approximate surface area is 260 Å². The number of carbonyl (C=O) groups is 2. The van der Waals surface area contributed by atoms with Crippen molar-refractivity contribution in [2.75, 3.05) is 17.4 Å². The molecule has 0 aliphatic heterocycles. The van der Waals surface area contributed by atoms with Crippen LogP contribution in [0.5, 0.6) is 0 Å². The van der Waals surface area contributed by atoms with Crippen LogP contribution in [0.2, 0.25) is 10.0 Å². The number of rotatable bonds is 12. The standard InChI is InChI=1S/C32H30Cl2FN3O4S/c1-2-36-32(40)29(20-23-10-5-3-6-11-23)37(21-24-16-18-25(35)19-17-24)30(39)22-38(28-15-9-14-27(33)31(28)34)43(41,42)26-12-7-4-8-13-26/h3-19,29H,2,20-22H2,1H3,(H,36,40)/t29-/m0/s1. The Morgan fingerprint density at radius 3 is 2.09 bits per heavy atom. The Morgan fingerprint density at radius 2 is 1.47 bits per heavy atom. The van der Waals surface area contributed by atoms with Gasteiger partial charge in [0.2, 0.25) is 11.8 Å². The number of likely N-dealkylation sites (N-methyl/N-ethyl adjacent to an activating group) is 1. The minimum Gasteiger partial charge on any atom is -0.355 e. The molecule has 11 heteroatoms. The summed E-state index contributed by atoms with van der Waals surface area (Å²) in [7, 11) is -4.32. The average molecular weight is 643 g/mol. The maximum atomic E-state index is 14.3. The fraction of sp³-hybridized carbons (Fsp3) is 0.188. The van der Waals surface area contributed by atoms with Gasteiger partial charge in [0.15, 0.2) is 0 Å². The lowest BCUT2D eigenvalue weighted by molar-refractivity contribution is -0.140. The van der Waals surface area contributed by atoms with Crippen LogP contribution in [0.1, 0.15) is 18.1 Å². The van der Waals surface area contributed by atoms with Crippen molar-refractivity contribution in [1.29, 1.82) is 0 Å². The second-order valence-corrected chi connectivity index (χ2v) is 12.3. The molecule has 4 aromatic carbocycles. The van der Waals surface area contributed by atoms with Gasteiger partial charge in [0, 0.05) is 19.5 Å². The molecule has 1 N–H and O–H groups in total. The van der Waals surface area contributed by atoms with Gasteiger partial charge in [0.05, 0.1) is 20.6 Å². The van der Waals surface area contributed by atoms with E-state index in [4.69, 9.17) is 23.2 Å². The fourth-order valence-corrected chi connectivity index (χ4v) is 6.45. The van der Waals surface area contributed by atoms with Gasteiger partial charge >= 0.3 is 0 Å². The number of amides is 2. The summed E-state index contributed by atoms with van der Waals surface area (Å²) >= 11 is 12.7. The number of nitrogens with zero attached hydrogens (tertiary/aromatic N) is 2. The van der Waals surface area contributed by atoms with E-state index in [1.54, 1.807) is 25.1 Å². The molecule has 1 atom stereocenters. The second-order valence-electron chi connectivity index (χ2n) is 9.65. The van der Waals surface area contributed by atoms with Gasteiger partial charge in [-0.05, 0) is 54.4 Å². The van der Waals surface area contributed by atoms with E-state index in [2.05, 4.69) is 5.32 Å². The molecule has 0 heterocycles. The van der Waals surface area contributed by atoms with E-state index in [1.165, 1.54) is 59.5 Å². The number of nitrogens with one attached hydrogen (secondary N) is 1. The third-order valence-corrected chi connectivity index (χ3v) is 9.28. The third kappa shape index (κ3) is 7.93. The van der Waals surface area contributed by atoms with Gasteiger partial charge in [-0.15, -0.1) is 0 Å². The number of halogens is 3. The first-order valence-electron chi connectivity index (χ1n) is 13.5. The molecular weight excluding hydrogens is 612 g/mol. The number of benzene rings is 4. The van der Waals surface area contributed by atoms with Crippen LogP contribution >= 0.6 is 23.2 Å². The summed E-state index contributed by atoms with van der Waals surface area (Å²) in [6.45, 7) is 1.30. The summed E-state index contributed by atoms with van der Waals surface area (Å²) in [6, 6.07) is 25.8. The van der Waals surface area contributed by atoms with Crippen molar-refractivity contribution < 1.29 is 22.4 Å². The summed E-state index contributed by atoms with van der Waals surface area (Å²) in [5.74, 6) is -1.55. The van der Waals surface area contributed by atoms with Gasteiger partial charge in [-0.3, -0.25) is 13.9 Å². The van der Waals surface area contributed by atoms with E-state index in [1.807, 2.05) is 30.3 Å². The van der Waals surface area contributed by atoms with Crippen molar-refractivity contribution in [3.05, 3.63) is 130 Å². The lowest BCUT2D eigenvalue weighted by atomic mass is 10.0. The Morgan fingerprint density at radius 1 is 0.837 bits per heavy atom. The van der Waals surface area contributed by atoms with Crippen molar-refractivity contribution in [3.8, 4) is 0 Å². The first-order valence-corrected chi connectivity index (χ1v) is 15.7. The van der Waals surface area contributed by atoms with E-state index in [9.17, 15) is 22.4 Å². The van der Waals surface area contributed by atoms with Crippen LogP contribution in [-0.2, 0) is 32.6 Å². The van der Waals surface area contributed by atoms with E-state index in [0.29, 0.717) is 12.1 Å². The molecule has 0 aromatic heterocycles. The van der Waals surface area contributed by atoms with Crippen LogP contribution in [0.4, 0.5) is 10.1 Å². The fourth-order valence-electron chi connectivity index (χ4n) is 4.55. The molecule has 0 aliphatic rings. The molecule has 0 saturated heterocycles. The van der Waals surface area contributed by atoms with Crippen molar-refractivity contribution in [2.45, 2.75) is 30.8 Å². The predicted octanol–water partition coefficient (Wildman–Crippen LogP) is 6.10. The van der Waals surface area contributed by atoms with Crippen LogP contribution in [0, 0.1) is 5.82 Å². The number of hydrogen-bond acceptors (Lipinski definition) is 4. The minimum absolute atomic E-state index is 0.00530. The van der Waals surface area contributed by atoms with E-state index >= 15 is 0 Å². The number of hydrogen-bond donors (Lipinski definition) is 1. The predicted molar refractivity (Wildman–Crippen MR) is 167 cm³/mol. The summed E-state index contributed by atoms with van der Waals surface area (Å²) in [4.78, 5) is 29.0. The van der Waals surface area contributed by atoms with E-state index in [0.717, 1.165) is 9.87 Å². The van der Waals surface area contributed by atoms with Crippen molar-refractivity contribution in [1.82, 2.24) is 10.2 Å². The summed E-state index contributed by atoms with van der Waals surface area (Å²) in [5, 5.41) is 2.84. The Kier molecular flexibility index (Phi) is 10.8. The smallest absolute Gasteiger partial charge is 0.264 e. The minimum atomic E-state index is -4.32. The third-order valence-electron chi connectivity index (χ3n) is 6.70. The highest BCUT2D eigenvalue weighted by Gasteiger charge is 2.35. The molecule has 2 amide bonds. The molecule has 0 bridgehead atoms. The van der Waals surface area contributed by atoms with Crippen LogP contribution in [0.3, 0.4) is 0 Å². The lowest BCUT2D eigenvalue weighted by Crippen LogP contribution is -2.53. The highest BCUT2D eigenvalue weighted by atomic mass is 35.5. The SMILES string of the molecule is CCNC(=O)[C@H](Cc1ccccc1)N(Cc1ccc(F)cc1)C(=O)CN(c1cccc(Cl)c1Cl)S(=O)(=O)c1ccccc1. The molecular formula is C32H30Cl2FN3O4S. The molecule has 4 rings (SSSR count). The monoisotopic (exact) mass is 641 g/mol. The first-order chi connectivity index (χ1) is 20.6. The molecule has 0 aliphatic carbocycles. The summed E-state index contributed by atoms with van der Waals surface area (Å²) < 4.78 is 42.6. The maximum Gasteiger partial charge on any atom is 0.264 e. The molecule has 0 radical (unpaired) electrons. The summed E-state index contributed by atoms with van der Waals surface area (Å²) in [6.07, 6.45) is 0.156. The second kappa shape index (κ2) is 14.5. The molecule has 0 fully saturated rings. The first kappa shape index (κ1) is 32.0.